The van der Waals surface area contributed by atoms with E-state index in [-0.39, 0.29) is 23.3 Å². The summed E-state index contributed by atoms with van der Waals surface area (Å²) in [6, 6.07) is 17.6. The molecule has 0 bridgehead atoms. The van der Waals surface area contributed by atoms with Gasteiger partial charge >= 0.3 is 0 Å². The topological polar surface area (TPSA) is 61.7 Å². The van der Waals surface area contributed by atoms with Crippen LogP contribution in [-0.4, -0.2) is 70.0 Å². The fourth-order valence-corrected chi connectivity index (χ4v) is 3.84. The van der Waals surface area contributed by atoms with Gasteiger partial charge in [-0.25, -0.2) is 4.39 Å². The van der Waals surface area contributed by atoms with Crippen LogP contribution in [0.1, 0.15) is 32.1 Å². The number of carbonyl (C=O) groups excluding carboxylic acids is 2. The summed E-state index contributed by atoms with van der Waals surface area (Å²) in [6.07, 6.45) is 0. The van der Waals surface area contributed by atoms with E-state index in [0.717, 1.165) is 17.7 Å². The molecule has 0 spiro atoms. The Bertz CT molecular complexity index is 1110. The highest BCUT2D eigenvalue weighted by atomic mass is 19.1. The molecule has 7 nitrogen and oxygen atoms in total. The van der Waals surface area contributed by atoms with Crippen LogP contribution in [0.4, 0.5) is 4.39 Å². The maximum absolute atomic E-state index is 13.4. The minimum Gasteiger partial charge on any atom is -0.332 e. The molecule has 0 unspecified atom stereocenters. The van der Waals surface area contributed by atoms with Crippen LogP contribution in [0.2, 0.25) is 0 Å². The molecular weight excluding hydrogens is 421 g/mol. The maximum Gasteiger partial charge on any atom is 0.274 e. The molecule has 4 rings (SSSR count). The van der Waals surface area contributed by atoms with Crippen LogP contribution in [0, 0.1) is 5.82 Å². The van der Waals surface area contributed by atoms with Crippen molar-refractivity contribution < 1.29 is 14.0 Å². The number of hydrogen-bond donors (Lipinski definition) is 0. The number of likely N-dealkylation sites (N-methyl/N-ethyl adjacent to an activating group) is 1. The average molecular weight is 450 g/mol. The summed E-state index contributed by atoms with van der Waals surface area (Å²) in [5, 5.41) is 4.46. The van der Waals surface area contributed by atoms with Crippen molar-refractivity contribution in [2.45, 2.75) is 19.6 Å². The van der Waals surface area contributed by atoms with Gasteiger partial charge in [-0.3, -0.25) is 14.3 Å². The van der Waals surface area contributed by atoms with E-state index in [0.29, 0.717) is 38.4 Å². The van der Waals surface area contributed by atoms with E-state index in [9.17, 15) is 14.0 Å². The Morgan fingerprint density at radius 1 is 1.00 bits per heavy atom. The Balaban J connectivity index is 1.51. The zero-order valence-electron chi connectivity index (χ0n) is 18.9. The van der Waals surface area contributed by atoms with E-state index >= 15 is 0 Å². The highest BCUT2D eigenvalue weighted by Gasteiger charge is 2.29. The van der Waals surface area contributed by atoms with E-state index in [1.165, 1.54) is 12.1 Å². The molecule has 8 heteroatoms. The van der Waals surface area contributed by atoms with Gasteiger partial charge in [0.2, 0.25) is 0 Å². The van der Waals surface area contributed by atoms with Crippen molar-refractivity contribution in [2.75, 3.05) is 33.7 Å². The number of carbonyl (C=O) groups is 2. The molecule has 0 aliphatic carbocycles. The van der Waals surface area contributed by atoms with Gasteiger partial charge in [-0.1, -0.05) is 42.5 Å². The quantitative estimate of drug-likeness (QED) is 0.531. The lowest BCUT2D eigenvalue weighted by atomic mass is 10.1. The molecule has 0 saturated heterocycles. The summed E-state index contributed by atoms with van der Waals surface area (Å²) in [5.74, 6) is -0.681. The fourth-order valence-electron chi connectivity index (χ4n) is 3.84. The number of hydrogen-bond acceptors (Lipinski definition) is 4. The molecule has 0 saturated carbocycles. The second-order valence-corrected chi connectivity index (χ2v) is 8.51. The van der Waals surface area contributed by atoms with Gasteiger partial charge < -0.3 is 14.7 Å². The third-order valence-electron chi connectivity index (χ3n) is 5.69. The Morgan fingerprint density at radius 3 is 2.42 bits per heavy atom. The average Bonchev–Trinajstić information content (AvgIpc) is 3.25. The lowest BCUT2D eigenvalue weighted by Crippen LogP contribution is -2.39. The number of rotatable bonds is 8. The lowest BCUT2D eigenvalue weighted by Gasteiger charge is -2.27. The first-order valence-corrected chi connectivity index (χ1v) is 11.0. The van der Waals surface area contributed by atoms with Crippen molar-refractivity contribution in [3.63, 3.8) is 0 Å². The van der Waals surface area contributed by atoms with Crippen LogP contribution in [0.3, 0.4) is 0 Å². The van der Waals surface area contributed by atoms with Gasteiger partial charge in [-0.05, 0) is 37.4 Å². The monoisotopic (exact) mass is 449 g/mol. The van der Waals surface area contributed by atoms with Gasteiger partial charge in [0.15, 0.2) is 5.69 Å². The summed E-state index contributed by atoms with van der Waals surface area (Å²) in [7, 11) is 3.93. The second-order valence-electron chi connectivity index (χ2n) is 8.51. The number of amides is 2. The van der Waals surface area contributed by atoms with Crippen molar-refractivity contribution >= 4 is 11.8 Å². The fraction of sp³-hybridized carbons (Fsp3) is 0.320. The molecule has 3 aromatic rings. The Morgan fingerprint density at radius 2 is 1.73 bits per heavy atom. The normalized spacial score (nSPS) is 13.3. The van der Waals surface area contributed by atoms with Crippen molar-refractivity contribution in [1.29, 1.82) is 0 Å². The van der Waals surface area contributed by atoms with E-state index in [1.807, 2.05) is 49.3 Å². The molecule has 2 aromatic carbocycles. The summed E-state index contributed by atoms with van der Waals surface area (Å²) in [4.78, 5) is 31.9. The molecule has 33 heavy (non-hydrogen) atoms. The van der Waals surface area contributed by atoms with E-state index in [2.05, 4.69) is 5.10 Å². The largest absolute Gasteiger partial charge is 0.332 e. The third-order valence-corrected chi connectivity index (χ3v) is 5.69. The zero-order valence-corrected chi connectivity index (χ0v) is 18.9. The molecule has 0 fully saturated rings. The van der Waals surface area contributed by atoms with E-state index in [1.54, 1.807) is 32.7 Å². The highest BCUT2D eigenvalue weighted by molar-refractivity contribution is 5.98. The van der Waals surface area contributed by atoms with Gasteiger partial charge in [0, 0.05) is 38.8 Å². The van der Waals surface area contributed by atoms with Crippen LogP contribution in [0.25, 0.3) is 0 Å². The van der Waals surface area contributed by atoms with E-state index < -0.39 is 0 Å². The van der Waals surface area contributed by atoms with Gasteiger partial charge in [-0.15, -0.1) is 0 Å². The zero-order chi connectivity index (χ0) is 23.4. The van der Waals surface area contributed by atoms with Crippen LogP contribution in [0.15, 0.2) is 60.7 Å². The van der Waals surface area contributed by atoms with Crippen molar-refractivity contribution in [3.8, 4) is 0 Å². The second kappa shape index (κ2) is 9.95. The predicted octanol–water partition coefficient (Wildman–Crippen LogP) is 2.88. The molecule has 0 atom stereocenters. The molecule has 0 N–H and O–H groups in total. The SMILES string of the molecule is CN(C)CCN(Cc1ccccc1)C(=O)c1cc2n(n1)CCN(Cc1ccc(F)cc1)C2=O. The predicted molar refractivity (Wildman–Crippen MR) is 123 cm³/mol. The Kier molecular flexibility index (Phi) is 6.84. The molecule has 1 aliphatic rings. The van der Waals surface area contributed by atoms with Crippen LogP contribution >= 0.6 is 0 Å². The molecule has 0 radical (unpaired) electrons. The number of halogens is 1. The minimum absolute atomic E-state index is 0.181. The Labute approximate surface area is 193 Å². The van der Waals surface area contributed by atoms with Crippen molar-refractivity contribution in [2.24, 2.45) is 0 Å². The molecule has 1 aromatic heterocycles. The van der Waals surface area contributed by atoms with Crippen molar-refractivity contribution in [3.05, 3.63) is 89.0 Å². The molecule has 2 amide bonds. The number of fused-ring (bicyclic) bond motifs is 1. The standard InChI is InChI=1S/C25H28FN5O2/c1-28(2)12-13-29(17-19-6-4-3-5-7-19)24(32)22-16-23-25(33)30(14-15-31(23)27-22)18-20-8-10-21(26)11-9-20/h3-11,16H,12-15,17-18H2,1-2H3. The van der Waals surface area contributed by atoms with Crippen LogP contribution in [-0.2, 0) is 19.6 Å². The van der Waals surface area contributed by atoms with Gasteiger partial charge in [-0.2, -0.15) is 5.10 Å². The molecule has 172 valence electrons. The number of aromatic nitrogens is 2. The molecular formula is C25H28FN5O2. The maximum atomic E-state index is 13.4. The number of benzene rings is 2. The summed E-state index contributed by atoms with van der Waals surface area (Å²) in [5.41, 5.74) is 2.57. The number of nitrogens with zero attached hydrogens (tertiary/aromatic N) is 5. The highest BCUT2D eigenvalue weighted by Crippen LogP contribution is 2.18. The van der Waals surface area contributed by atoms with Gasteiger partial charge in [0.05, 0.1) is 6.54 Å². The first-order valence-electron chi connectivity index (χ1n) is 11.0. The molecule has 1 aliphatic heterocycles. The third kappa shape index (κ3) is 5.46. The van der Waals surface area contributed by atoms with Crippen LogP contribution < -0.4 is 0 Å². The summed E-state index contributed by atoms with van der Waals surface area (Å²) < 4.78 is 14.8. The Hall–Kier alpha value is -3.52. The van der Waals surface area contributed by atoms with E-state index in [4.69, 9.17) is 0 Å². The smallest absolute Gasteiger partial charge is 0.274 e. The lowest BCUT2D eigenvalue weighted by molar-refractivity contribution is 0.0679. The van der Waals surface area contributed by atoms with Gasteiger partial charge in [0.25, 0.3) is 11.8 Å². The van der Waals surface area contributed by atoms with Gasteiger partial charge in [0.1, 0.15) is 11.5 Å². The first kappa shape index (κ1) is 22.7. The molecule has 2 heterocycles. The van der Waals surface area contributed by atoms with Crippen LogP contribution in [0.5, 0.6) is 0 Å². The van der Waals surface area contributed by atoms with Crippen molar-refractivity contribution in [1.82, 2.24) is 24.5 Å². The summed E-state index contributed by atoms with van der Waals surface area (Å²) in [6.45, 7) is 3.11. The summed E-state index contributed by atoms with van der Waals surface area (Å²) >= 11 is 0. The first-order chi connectivity index (χ1) is 15.9. The minimum atomic E-state index is -0.306.